The maximum absolute atomic E-state index is 13.6. The van der Waals surface area contributed by atoms with E-state index in [1.807, 2.05) is 6.92 Å². The predicted octanol–water partition coefficient (Wildman–Crippen LogP) is 3.82. The van der Waals surface area contributed by atoms with Crippen LogP contribution in [-0.4, -0.2) is 40.4 Å². The van der Waals surface area contributed by atoms with Gasteiger partial charge in [0.05, 0.1) is 17.1 Å². The molecule has 4 N–H and O–H groups in total. The van der Waals surface area contributed by atoms with Gasteiger partial charge in [0.25, 0.3) is 11.8 Å². The molecule has 0 bridgehead atoms. The maximum Gasteiger partial charge on any atom is 0.408 e. The normalized spacial score (nSPS) is 12.5. The number of rotatable bonds is 8. The van der Waals surface area contributed by atoms with Gasteiger partial charge in [0, 0.05) is 6.04 Å². The van der Waals surface area contributed by atoms with Crippen molar-refractivity contribution in [2.24, 2.45) is 5.73 Å². The number of hydrogen-bond donors (Lipinski definition) is 3. The van der Waals surface area contributed by atoms with Crippen LogP contribution in [0.4, 0.5) is 10.5 Å². The number of anilines is 1. The lowest BCUT2D eigenvalue weighted by Crippen LogP contribution is -2.52. The van der Waals surface area contributed by atoms with Crippen molar-refractivity contribution in [3.05, 3.63) is 64.2 Å². The van der Waals surface area contributed by atoms with Crippen molar-refractivity contribution < 1.29 is 23.9 Å². The van der Waals surface area contributed by atoms with Gasteiger partial charge in [0.1, 0.15) is 17.7 Å². The average molecular weight is 527 g/mol. The number of aryl methyl sites for hydroxylation is 2. The van der Waals surface area contributed by atoms with E-state index in [0.717, 1.165) is 10.5 Å². The van der Waals surface area contributed by atoms with Gasteiger partial charge in [-0.1, -0.05) is 60.0 Å². The summed E-state index contributed by atoms with van der Waals surface area (Å²) in [6.07, 6.45) is 4.20. The summed E-state index contributed by atoms with van der Waals surface area (Å²) >= 11 is 6.29. The zero-order chi connectivity index (χ0) is 27.9. The van der Waals surface area contributed by atoms with Crippen LogP contribution in [-0.2, 0) is 19.1 Å². The summed E-state index contributed by atoms with van der Waals surface area (Å²) in [6, 6.07) is 11.4. The van der Waals surface area contributed by atoms with Gasteiger partial charge in [-0.25, -0.2) is 4.79 Å². The molecule has 2 atom stereocenters. The molecule has 0 heterocycles. The Morgan fingerprint density at radius 3 is 2.24 bits per heavy atom. The second-order valence-electron chi connectivity index (χ2n) is 9.44. The van der Waals surface area contributed by atoms with Crippen molar-refractivity contribution in [3.63, 3.8) is 0 Å². The summed E-state index contributed by atoms with van der Waals surface area (Å²) in [5.74, 6) is -2.42. The number of carbonyl (C=O) groups excluding carboxylic acids is 4. The number of hydrogen-bond acceptors (Lipinski definition) is 5. The molecule has 37 heavy (non-hydrogen) atoms. The third-order valence-electron chi connectivity index (χ3n) is 5.14. The van der Waals surface area contributed by atoms with Crippen LogP contribution >= 0.6 is 11.6 Å². The molecule has 2 aromatic rings. The van der Waals surface area contributed by atoms with Gasteiger partial charge in [0.2, 0.25) is 5.91 Å². The van der Waals surface area contributed by atoms with E-state index < -0.39 is 47.9 Å². The molecule has 0 saturated carbocycles. The largest absolute Gasteiger partial charge is 0.444 e. The summed E-state index contributed by atoms with van der Waals surface area (Å²) < 4.78 is 5.21. The van der Waals surface area contributed by atoms with Gasteiger partial charge < -0.3 is 21.1 Å². The Bertz CT molecular complexity index is 1190. The van der Waals surface area contributed by atoms with Crippen LogP contribution in [0.15, 0.2) is 42.5 Å². The fraction of sp³-hybridized carbons (Fsp3) is 0.333. The summed E-state index contributed by atoms with van der Waals surface area (Å²) in [7, 11) is 0. The van der Waals surface area contributed by atoms with Gasteiger partial charge in [-0.15, -0.1) is 0 Å². The van der Waals surface area contributed by atoms with Crippen LogP contribution in [0, 0.1) is 26.3 Å². The lowest BCUT2D eigenvalue weighted by molar-refractivity contribution is -0.138. The van der Waals surface area contributed by atoms with Crippen molar-refractivity contribution >= 4 is 41.1 Å². The van der Waals surface area contributed by atoms with Crippen molar-refractivity contribution in [3.8, 4) is 12.5 Å². The molecule has 0 aliphatic heterocycles. The van der Waals surface area contributed by atoms with E-state index in [9.17, 15) is 19.2 Å². The number of carbonyl (C=O) groups is 4. The van der Waals surface area contributed by atoms with Crippen molar-refractivity contribution in [2.45, 2.75) is 58.7 Å². The predicted molar refractivity (Wildman–Crippen MR) is 141 cm³/mol. The number of halogens is 1. The van der Waals surface area contributed by atoms with Gasteiger partial charge in [-0.3, -0.25) is 19.3 Å². The van der Waals surface area contributed by atoms with Crippen LogP contribution in [0.25, 0.3) is 0 Å². The quantitative estimate of drug-likeness (QED) is 0.355. The monoisotopic (exact) mass is 526 g/mol. The van der Waals surface area contributed by atoms with E-state index in [2.05, 4.69) is 16.7 Å². The molecule has 0 aromatic heterocycles. The second kappa shape index (κ2) is 12.3. The lowest BCUT2D eigenvalue weighted by atomic mass is 10.0. The van der Waals surface area contributed by atoms with Crippen molar-refractivity contribution in [1.29, 1.82) is 0 Å². The lowest BCUT2D eigenvalue weighted by Gasteiger charge is -2.30. The molecule has 10 heteroatoms. The number of nitrogens with zero attached hydrogens (tertiary/aromatic N) is 1. The summed E-state index contributed by atoms with van der Waals surface area (Å²) in [5, 5.41) is 5.39. The zero-order valence-electron chi connectivity index (χ0n) is 21.4. The molecule has 196 valence electrons. The smallest absolute Gasteiger partial charge is 0.408 e. The molecular weight excluding hydrogens is 496 g/mol. The Balaban J connectivity index is 2.50. The molecule has 2 aromatic carbocycles. The van der Waals surface area contributed by atoms with Gasteiger partial charge in [-0.05, 0) is 51.8 Å². The minimum Gasteiger partial charge on any atom is -0.444 e. The first-order valence-electron chi connectivity index (χ1n) is 11.4. The minimum atomic E-state index is -1.48. The van der Waals surface area contributed by atoms with Crippen LogP contribution in [0.1, 0.15) is 49.9 Å². The second-order valence-corrected chi connectivity index (χ2v) is 9.85. The zero-order valence-corrected chi connectivity index (χ0v) is 22.2. The third-order valence-corrected chi connectivity index (χ3v) is 5.46. The van der Waals surface area contributed by atoms with Crippen molar-refractivity contribution in [2.75, 3.05) is 5.32 Å². The fourth-order valence-electron chi connectivity index (χ4n) is 3.43. The first-order chi connectivity index (χ1) is 17.2. The molecule has 0 fully saturated rings. The van der Waals surface area contributed by atoms with Crippen LogP contribution in [0.2, 0.25) is 5.02 Å². The first-order valence-corrected chi connectivity index (χ1v) is 11.8. The Morgan fingerprint density at radius 1 is 1.11 bits per heavy atom. The minimum absolute atomic E-state index is 0.299. The molecule has 2 rings (SSSR count). The molecule has 9 nitrogen and oxygen atoms in total. The highest BCUT2D eigenvalue weighted by atomic mass is 35.5. The van der Waals surface area contributed by atoms with Gasteiger partial charge in [-0.2, -0.15) is 0 Å². The summed E-state index contributed by atoms with van der Waals surface area (Å²) in [4.78, 5) is 52.1. The van der Waals surface area contributed by atoms with E-state index in [1.165, 1.54) is 0 Å². The van der Waals surface area contributed by atoms with Crippen LogP contribution in [0.3, 0.4) is 0 Å². The average Bonchev–Trinajstić information content (AvgIpc) is 2.78. The van der Waals surface area contributed by atoms with Crippen molar-refractivity contribution in [1.82, 2.24) is 10.2 Å². The molecular formula is C27H31ClN4O5. The van der Waals surface area contributed by atoms with Crippen LogP contribution < -0.4 is 16.4 Å². The molecule has 4 amide bonds. The standard InChI is InChI=1S/C27H31ClN4O5/c1-7-32(25(35)20(15-21(29)33)30-26(36)37-27(4,5)6)23(18-13-11-16(2)12-14-18)24(34)31-22-17(3)9-8-10-19(22)28/h1,8-14,20,23H,15H2,2-6H3,(H2,29,33)(H,30,36)(H,31,34). The number of primary amides is 1. The number of alkyl carbamates (subject to hydrolysis) is 1. The number of terminal acetylenes is 1. The number of amides is 4. The summed E-state index contributed by atoms with van der Waals surface area (Å²) in [6.45, 7) is 8.54. The van der Waals surface area contributed by atoms with E-state index in [0.29, 0.717) is 21.8 Å². The first kappa shape index (κ1) is 29.2. The van der Waals surface area contributed by atoms with Gasteiger partial charge in [0.15, 0.2) is 0 Å². The Kier molecular flexibility index (Phi) is 9.69. The molecule has 0 aliphatic rings. The van der Waals surface area contributed by atoms with E-state index in [-0.39, 0.29) is 0 Å². The number of benzene rings is 2. The molecule has 0 aliphatic carbocycles. The highest BCUT2D eigenvalue weighted by Gasteiger charge is 2.37. The number of nitrogens with two attached hydrogens (primary N) is 1. The number of para-hydroxylation sites is 1. The Morgan fingerprint density at radius 2 is 1.73 bits per heavy atom. The number of ether oxygens (including phenoxy) is 1. The topological polar surface area (TPSA) is 131 Å². The van der Waals surface area contributed by atoms with Gasteiger partial charge >= 0.3 is 6.09 Å². The highest BCUT2D eigenvalue weighted by Crippen LogP contribution is 2.29. The third kappa shape index (κ3) is 8.26. The molecule has 0 saturated heterocycles. The Labute approximate surface area is 221 Å². The fourth-order valence-corrected chi connectivity index (χ4v) is 3.70. The molecule has 2 unspecified atom stereocenters. The SMILES string of the molecule is C#CN(C(=O)C(CC(N)=O)NC(=O)OC(C)(C)C)C(C(=O)Nc1c(C)cccc1Cl)c1ccc(C)cc1. The number of nitrogens with one attached hydrogen (secondary N) is 2. The maximum atomic E-state index is 13.6. The van der Waals surface area contributed by atoms with E-state index in [4.69, 9.17) is 28.5 Å². The van der Waals surface area contributed by atoms with Crippen LogP contribution in [0.5, 0.6) is 0 Å². The molecule has 0 spiro atoms. The highest BCUT2D eigenvalue weighted by molar-refractivity contribution is 6.34. The van der Waals surface area contributed by atoms with E-state index in [1.54, 1.807) is 70.2 Å². The molecule has 0 radical (unpaired) electrons. The summed E-state index contributed by atoms with van der Waals surface area (Å²) in [5.41, 5.74) is 6.83. The Hall–Kier alpha value is -4.03. The van der Waals surface area contributed by atoms with E-state index >= 15 is 0 Å².